The van der Waals surface area contributed by atoms with Crippen molar-refractivity contribution in [2.75, 3.05) is 19.7 Å². The number of esters is 1. The van der Waals surface area contributed by atoms with Crippen LogP contribution in [0.15, 0.2) is 42.7 Å². The molecule has 23 heavy (non-hydrogen) atoms. The second-order valence-corrected chi connectivity index (χ2v) is 5.96. The predicted molar refractivity (Wildman–Crippen MR) is 88.2 cm³/mol. The molecule has 1 fully saturated rings. The lowest BCUT2D eigenvalue weighted by atomic mass is 9.98. The molecule has 0 amide bonds. The lowest BCUT2D eigenvalue weighted by Crippen LogP contribution is -2.38. The molecule has 0 radical (unpaired) electrons. The number of carbonyl (C=O) groups excluding carboxylic acids is 1. The molecule has 2 heterocycles. The Hall–Kier alpha value is -2.14. The number of benzene rings is 1. The van der Waals surface area contributed by atoms with Crippen molar-refractivity contribution >= 4 is 5.97 Å². The molecule has 0 bridgehead atoms. The Morgan fingerprint density at radius 3 is 2.96 bits per heavy atom. The van der Waals surface area contributed by atoms with Gasteiger partial charge in [-0.1, -0.05) is 18.2 Å². The monoisotopic (exact) mass is 313 g/mol. The van der Waals surface area contributed by atoms with E-state index < -0.39 is 0 Å². The first kappa shape index (κ1) is 15.7. The van der Waals surface area contributed by atoms with E-state index in [9.17, 15) is 4.79 Å². The summed E-state index contributed by atoms with van der Waals surface area (Å²) in [6.07, 6.45) is 5.93. The third-order valence-corrected chi connectivity index (χ3v) is 4.19. The summed E-state index contributed by atoms with van der Waals surface area (Å²) < 4.78 is 7.05. The fourth-order valence-corrected chi connectivity index (χ4v) is 3.07. The first-order chi connectivity index (χ1) is 11.3. The standard InChI is InChI=1S/C18H23N3O2/c1-2-23-18(22)16-7-6-10-20(14-16)12-15-11-19-21(13-15)17-8-4-3-5-9-17/h3-5,8-9,11,13,16H,2,6-7,10,12,14H2,1H3. The van der Waals surface area contributed by atoms with Gasteiger partial charge in [-0.2, -0.15) is 5.10 Å². The molecule has 3 rings (SSSR count). The highest BCUT2D eigenvalue weighted by molar-refractivity contribution is 5.72. The van der Waals surface area contributed by atoms with Gasteiger partial charge in [0, 0.05) is 24.8 Å². The van der Waals surface area contributed by atoms with Crippen LogP contribution in [-0.4, -0.2) is 40.3 Å². The SMILES string of the molecule is CCOC(=O)C1CCCN(Cc2cnn(-c3ccccc3)c2)C1. The van der Waals surface area contributed by atoms with Crippen molar-refractivity contribution in [1.29, 1.82) is 0 Å². The Kier molecular flexibility index (Phi) is 5.08. The molecule has 0 saturated carbocycles. The van der Waals surface area contributed by atoms with Gasteiger partial charge in [0.1, 0.15) is 0 Å². The van der Waals surface area contributed by atoms with Crippen LogP contribution >= 0.6 is 0 Å². The first-order valence-electron chi connectivity index (χ1n) is 8.24. The Morgan fingerprint density at radius 2 is 2.17 bits per heavy atom. The Balaban J connectivity index is 1.61. The molecule has 5 nitrogen and oxygen atoms in total. The van der Waals surface area contributed by atoms with Crippen LogP contribution in [0.3, 0.4) is 0 Å². The highest BCUT2D eigenvalue weighted by Crippen LogP contribution is 2.20. The molecule has 2 aromatic rings. The zero-order valence-electron chi connectivity index (χ0n) is 13.5. The number of piperidine rings is 1. The molecule has 1 aliphatic rings. The minimum atomic E-state index is -0.0582. The quantitative estimate of drug-likeness (QED) is 0.796. The van der Waals surface area contributed by atoms with Crippen LogP contribution in [0.25, 0.3) is 5.69 Å². The topological polar surface area (TPSA) is 47.4 Å². The van der Waals surface area contributed by atoms with Crippen molar-refractivity contribution in [3.05, 3.63) is 48.3 Å². The maximum Gasteiger partial charge on any atom is 0.310 e. The fraction of sp³-hybridized carbons (Fsp3) is 0.444. The summed E-state index contributed by atoms with van der Waals surface area (Å²) in [5.41, 5.74) is 2.22. The van der Waals surface area contributed by atoms with Crippen LogP contribution in [-0.2, 0) is 16.1 Å². The Morgan fingerprint density at radius 1 is 1.35 bits per heavy atom. The summed E-state index contributed by atoms with van der Waals surface area (Å²) >= 11 is 0. The average Bonchev–Trinajstić information content (AvgIpc) is 3.05. The molecule has 1 atom stereocenters. The van der Waals surface area contributed by atoms with Gasteiger partial charge in [-0.25, -0.2) is 4.68 Å². The van der Waals surface area contributed by atoms with E-state index in [1.54, 1.807) is 0 Å². The summed E-state index contributed by atoms with van der Waals surface area (Å²) in [6.45, 7) is 4.93. The number of aromatic nitrogens is 2. The van der Waals surface area contributed by atoms with Crippen molar-refractivity contribution in [2.24, 2.45) is 5.92 Å². The van der Waals surface area contributed by atoms with Crippen LogP contribution in [0.1, 0.15) is 25.3 Å². The second-order valence-electron chi connectivity index (χ2n) is 5.96. The Bertz CT molecular complexity index is 639. The van der Waals surface area contributed by atoms with Gasteiger partial charge in [0.15, 0.2) is 0 Å². The number of carbonyl (C=O) groups is 1. The molecular weight excluding hydrogens is 290 g/mol. The zero-order valence-corrected chi connectivity index (χ0v) is 13.5. The summed E-state index contributed by atoms with van der Waals surface area (Å²) in [5.74, 6) is -0.0509. The molecule has 1 aromatic heterocycles. The number of hydrogen-bond donors (Lipinski definition) is 0. The number of ether oxygens (including phenoxy) is 1. The van der Waals surface area contributed by atoms with E-state index in [0.29, 0.717) is 6.61 Å². The van der Waals surface area contributed by atoms with E-state index in [2.05, 4.69) is 16.2 Å². The lowest BCUT2D eigenvalue weighted by molar-refractivity contribution is -0.150. The molecule has 5 heteroatoms. The lowest BCUT2D eigenvalue weighted by Gasteiger charge is -2.31. The minimum absolute atomic E-state index is 0.00729. The largest absolute Gasteiger partial charge is 0.466 e. The predicted octanol–water partition coefficient (Wildman–Crippen LogP) is 2.65. The number of rotatable bonds is 5. The van der Waals surface area contributed by atoms with Crippen LogP contribution in [0, 0.1) is 5.92 Å². The third-order valence-electron chi connectivity index (χ3n) is 4.19. The van der Waals surface area contributed by atoms with Crippen LogP contribution < -0.4 is 0 Å². The smallest absolute Gasteiger partial charge is 0.310 e. The highest BCUT2D eigenvalue weighted by Gasteiger charge is 2.26. The summed E-state index contributed by atoms with van der Waals surface area (Å²) in [6, 6.07) is 10.1. The van der Waals surface area contributed by atoms with Gasteiger partial charge < -0.3 is 4.74 Å². The van der Waals surface area contributed by atoms with E-state index in [-0.39, 0.29) is 11.9 Å². The highest BCUT2D eigenvalue weighted by atomic mass is 16.5. The number of likely N-dealkylation sites (tertiary alicyclic amines) is 1. The number of para-hydroxylation sites is 1. The molecule has 1 unspecified atom stereocenters. The minimum Gasteiger partial charge on any atom is -0.466 e. The van der Waals surface area contributed by atoms with Gasteiger partial charge in [-0.3, -0.25) is 9.69 Å². The summed E-state index contributed by atoms with van der Waals surface area (Å²) in [4.78, 5) is 14.2. The second kappa shape index (κ2) is 7.42. The fourth-order valence-electron chi connectivity index (χ4n) is 3.07. The van der Waals surface area contributed by atoms with E-state index >= 15 is 0 Å². The number of nitrogens with zero attached hydrogens (tertiary/aromatic N) is 3. The normalized spacial score (nSPS) is 18.7. The molecule has 0 aliphatic carbocycles. The maximum atomic E-state index is 11.9. The van der Waals surface area contributed by atoms with E-state index in [0.717, 1.165) is 38.2 Å². The molecule has 0 spiro atoms. The number of hydrogen-bond acceptors (Lipinski definition) is 4. The molecular formula is C18H23N3O2. The van der Waals surface area contributed by atoms with Gasteiger partial charge in [0.05, 0.1) is 24.4 Å². The molecule has 122 valence electrons. The van der Waals surface area contributed by atoms with Crippen LogP contribution in [0.4, 0.5) is 0 Å². The maximum absolute atomic E-state index is 11.9. The van der Waals surface area contributed by atoms with Crippen molar-refractivity contribution in [3.8, 4) is 5.69 Å². The summed E-state index contributed by atoms with van der Waals surface area (Å²) in [5, 5.41) is 4.43. The molecule has 0 N–H and O–H groups in total. The molecule has 1 aromatic carbocycles. The molecule has 1 aliphatic heterocycles. The van der Waals surface area contributed by atoms with E-state index in [4.69, 9.17) is 4.74 Å². The van der Waals surface area contributed by atoms with Crippen LogP contribution in [0.5, 0.6) is 0 Å². The van der Waals surface area contributed by atoms with Crippen LogP contribution in [0.2, 0.25) is 0 Å². The van der Waals surface area contributed by atoms with Gasteiger partial charge in [0.25, 0.3) is 0 Å². The molecule has 1 saturated heterocycles. The van der Waals surface area contributed by atoms with Gasteiger partial charge in [-0.05, 0) is 38.4 Å². The average molecular weight is 313 g/mol. The zero-order chi connectivity index (χ0) is 16.1. The van der Waals surface area contributed by atoms with E-state index in [1.807, 2.05) is 48.1 Å². The third kappa shape index (κ3) is 3.99. The van der Waals surface area contributed by atoms with Crippen molar-refractivity contribution in [3.63, 3.8) is 0 Å². The van der Waals surface area contributed by atoms with Gasteiger partial charge in [-0.15, -0.1) is 0 Å². The van der Waals surface area contributed by atoms with Crippen molar-refractivity contribution < 1.29 is 9.53 Å². The first-order valence-corrected chi connectivity index (χ1v) is 8.24. The van der Waals surface area contributed by atoms with Crippen molar-refractivity contribution in [1.82, 2.24) is 14.7 Å². The summed E-state index contributed by atoms with van der Waals surface area (Å²) in [7, 11) is 0. The van der Waals surface area contributed by atoms with Gasteiger partial charge in [0.2, 0.25) is 0 Å². The Labute approximate surface area is 136 Å². The van der Waals surface area contributed by atoms with E-state index in [1.165, 1.54) is 5.56 Å². The van der Waals surface area contributed by atoms with Gasteiger partial charge >= 0.3 is 5.97 Å². The van der Waals surface area contributed by atoms with Crippen molar-refractivity contribution in [2.45, 2.75) is 26.3 Å².